The topological polar surface area (TPSA) is 476 Å². The lowest BCUT2D eigenvalue weighted by Gasteiger charge is -2.33. The summed E-state index contributed by atoms with van der Waals surface area (Å²) in [6, 6.07) is -13.4. The van der Waals surface area contributed by atoms with Gasteiger partial charge < -0.3 is 90.2 Å². The largest absolute Gasteiger partial charge is 0.480 e. The van der Waals surface area contributed by atoms with Gasteiger partial charge in [-0.25, -0.2) is 4.79 Å². The molecule has 0 aromatic heterocycles. The molecule has 0 aromatic rings. The second-order valence-corrected chi connectivity index (χ2v) is 20.5. The summed E-state index contributed by atoms with van der Waals surface area (Å²) in [7, 11) is 0. The minimum Gasteiger partial charge on any atom is -0.480 e. The van der Waals surface area contributed by atoms with Crippen LogP contribution in [0.2, 0.25) is 0 Å². The Morgan fingerprint density at radius 2 is 1.08 bits per heavy atom. The van der Waals surface area contributed by atoms with Crippen LogP contribution in [0.5, 0.6) is 0 Å². The fourth-order valence-corrected chi connectivity index (χ4v) is 9.40. The van der Waals surface area contributed by atoms with E-state index in [1.165, 1.54) is 23.6 Å². The molecule has 11 amide bonds. The van der Waals surface area contributed by atoms with Crippen molar-refractivity contribution in [3.8, 4) is 0 Å². The van der Waals surface area contributed by atoms with E-state index in [1.54, 1.807) is 27.7 Å². The molecule has 3 heterocycles. The van der Waals surface area contributed by atoms with Gasteiger partial charge in [-0.3, -0.25) is 57.7 Å². The Bertz CT molecular complexity index is 2230. The van der Waals surface area contributed by atoms with E-state index < -0.39 is 163 Å². The van der Waals surface area contributed by atoms with Crippen molar-refractivity contribution in [1.82, 2.24) is 51.9 Å². The lowest BCUT2D eigenvalue weighted by Crippen LogP contribution is -2.62. The first-order valence-electron chi connectivity index (χ1n) is 26.2. The third kappa shape index (κ3) is 18.8. The molecule has 0 radical (unpaired) electrons. The number of nitrogens with one attached hydrogen (secondary N) is 7. The molecular formula is C48H81N15O15. The summed E-state index contributed by atoms with van der Waals surface area (Å²) in [5.41, 5.74) is 21.4. The Hall–Kier alpha value is -7.21. The SMILES string of the molecule is CC(C)C[C@H](NC(=O)[C@H](CO)NC(=O)CN)C(=O)N1CCC[C@H]1C(=O)N[C@@H](C)C(=O)N[C@@H](CC(N)=O)C(=O)N[C@H](C(=O)N1CCC[C@H]1C(=O)N[C@H](C(=O)N1CCC[C@H]1C(=O)N[C@@H](CCCN=C(N)N)C(=O)O)[C@@H](C)O)C(C)C. The number of aliphatic carboxylic acids is 1. The van der Waals surface area contributed by atoms with Crippen LogP contribution in [-0.2, 0) is 57.5 Å². The molecular weight excluding hydrogens is 1030 g/mol. The molecule has 78 heavy (non-hydrogen) atoms. The van der Waals surface area contributed by atoms with Gasteiger partial charge in [0.25, 0.3) is 0 Å². The van der Waals surface area contributed by atoms with E-state index >= 15 is 0 Å². The molecule has 30 nitrogen and oxygen atoms in total. The van der Waals surface area contributed by atoms with Crippen molar-refractivity contribution in [3.63, 3.8) is 0 Å². The van der Waals surface area contributed by atoms with E-state index in [2.05, 4.69) is 42.2 Å². The van der Waals surface area contributed by atoms with Gasteiger partial charge in [-0.15, -0.1) is 0 Å². The number of primary amides is 1. The first-order chi connectivity index (χ1) is 36.6. The minimum atomic E-state index is -1.68. The van der Waals surface area contributed by atoms with Crippen molar-refractivity contribution in [3.05, 3.63) is 0 Å². The Morgan fingerprint density at radius 1 is 0.590 bits per heavy atom. The second-order valence-electron chi connectivity index (χ2n) is 20.5. The van der Waals surface area contributed by atoms with Gasteiger partial charge in [-0.05, 0) is 83.5 Å². The molecule has 0 saturated carbocycles. The van der Waals surface area contributed by atoms with Crippen molar-refractivity contribution < 1.29 is 72.9 Å². The molecule has 0 aliphatic carbocycles. The summed E-state index contributed by atoms with van der Waals surface area (Å²) >= 11 is 0. The first kappa shape index (κ1) is 65.1. The maximum atomic E-state index is 14.3. The molecule has 18 N–H and O–H groups in total. The van der Waals surface area contributed by atoms with E-state index in [4.69, 9.17) is 22.9 Å². The molecule has 30 heteroatoms. The molecule has 438 valence electrons. The Labute approximate surface area is 452 Å². The lowest BCUT2D eigenvalue weighted by molar-refractivity contribution is -0.147. The van der Waals surface area contributed by atoms with Crippen LogP contribution in [0, 0.1) is 11.8 Å². The minimum absolute atomic E-state index is 0.0238. The van der Waals surface area contributed by atoms with Gasteiger partial charge in [0.05, 0.1) is 25.7 Å². The average molecular weight is 1110 g/mol. The number of guanidine groups is 1. The van der Waals surface area contributed by atoms with Gasteiger partial charge in [0.15, 0.2) is 5.96 Å². The van der Waals surface area contributed by atoms with Crippen LogP contribution in [0.15, 0.2) is 4.99 Å². The zero-order valence-electron chi connectivity index (χ0n) is 45.2. The number of hydrogen-bond donors (Lipinski definition) is 14. The third-order valence-electron chi connectivity index (χ3n) is 13.5. The third-order valence-corrected chi connectivity index (χ3v) is 13.5. The molecule has 3 aliphatic heterocycles. The monoisotopic (exact) mass is 1110 g/mol. The summed E-state index contributed by atoms with van der Waals surface area (Å²) in [5.74, 6) is -11.4. The first-order valence-corrected chi connectivity index (χ1v) is 26.2. The molecule has 0 spiro atoms. The van der Waals surface area contributed by atoms with Gasteiger partial charge >= 0.3 is 5.97 Å². The number of nitrogens with two attached hydrogens (primary N) is 4. The standard InChI is InChI=1S/C48H81N15O15/c1-23(2)19-29(58-40(70)30(22-64)55-35(67)21-49)44(74)61-16-8-12-31(61)41(71)54-25(5)38(68)57-28(20-34(50)66)39(69)59-36(24(3)4)45(75)62-17-10-14-33(62)43(73)60-37(26(6)65)46(76)63-18-9-13-32(63)42(72)56-27(47(77)78)11-7-15-53-48(51)52/h23-33,36-37,64-65H,7-22,49H2,1-6H3,(H2,50,66)(H,54,71)(H,55,67)(H,56,72)(H,57,68)(H,58,70)(H,59,69)(H,60,73)(H,77,78)(H4,51,52,53)/t25-,26+,27-,28-,29-,30-,31-,32-,33-,36-,37-/m0/s1. The second kappa shape index (κ2) is 30.7. The van der Waals surface area contributed by atoms with Crippen molar-refractivity contribution in [2.75, 3.05) is 39.3 Å². The maximum Gasteiger partial charge on any atom is 0.326 e. The van der Waals surface area contributed by atoms with Crippen LogP contribution < -0.4 is 60.2 Å². The Balaban J connectivity index is 1.71. The van der Waals surface area contributed by atoms with E-state index in [-0.39, 0.29) is 76.6 Å². The molecule has 0 bridgehead atoms. The number of carbonyl (C=O) groups excluding carboxylic acids is 11. The van der Waals surface area contributed by atoms with Crippen molar-refractivity contribution in [2.45, 2.75) is 172 Å². The number of aliphatic hydroxyl groups excluding tert-OH is 2. The number of carbonyl (C=O) groups is 12. The number of aliphatic hydroxyl groups is 2. The number of carboxylic acid groups (broad SMARTS) is 1. The lowest BCUT2D eigenvalue weighted by atomic mass is 10.0. The molecule has 3 rings (SSSR count). The van der Waals surface area contributed by atoms with Gasteiger partial charge in [-0.2, -0.15) is 0 Å². The zero-order valence-corrected chi connectivity index (χ0v) is 45.2. The van der Waals surface area contributed by atoms with Gasteiger partial charge in [0, 0.05) is 26.2 Å². The zero-order chi connectivity index (χ0) is 58.7. The van der Waals surface area contributed by atoms with Crippen molar-refractivity contribution >= 4 is 76.9 Å². The maximum absolute atomic E-state index is 14.3. The number of carboxylic acids is 1. The van der Waals surface area contributed by atoms with Gasteiger partial charge in [-0.1, -0.05) is 27.7 Å². The number of nitrogens with zero attached hydrogens (tertiary/aromatic N) is 4. The summed E-state index contributed by atoms with van der Waals surface area (Å²) in [4.78, 5) is 167. The Kier molecular flexibility index (Phi) is 25.6. The number of likely N-dealkylation sites (tertiary alicyclic amines) is 3. The number of rotatable bonds is 29. The molecule has 3 aliphatic rings. The highest BCUT2D eigenvalue weighted by atomic mass is 16.4. The van der Waals surface area contributed by atoms with Gasteiger partial charge in [0.1, 0.15) is 60.4 Å². The van der Waals surface area contributed by atoms with E-state index in [0.717, 1.165) is 4.90 Å². The van der Waals surface area contributed by atoms with E-state index in [1.807, 2.05) is 0 Å². The predicted octanol–water partition coefficient (Wildman–Crippen LogP) is -6.58. The normalized spacial score (nSPS) is 20.2. The van der Waals surface area contributed by atoms with Crippen LogP contribution in [-0.4, -0.2) is 213 Å². The molecule has 0 unspecified atom stereocenters. The predicted molar refractivity (Wildman–Crippen MR) is 277 cm³/mol. The summed E-state index contributed by atoms with van der Waals surface area (Å²) in [6.07, 6.45) is -0.435. The molecule has 3 saturated heterocycles. The van der Waals surface area contributed by atoms with Crippen LogP contribution in [0.3, 0.4) is 0 Å². The highest BCUT2D eigenvalue weighted by Crippen LogP contribution is 2.24. The van der Waals surface area contributed by atoms with Crippen LogP contribution in [0.25, 0.3) is 0 Å². The quantitative estimate of drug-likeness (QED) is 0.0188. The van der Waals surface area contributed by atoms with Crippen LogP contribution in [0.1, 0.15) is 106 Å². The van der Waals surface area contributed by atoms with Gasteiger partial charge in [0.2, 0.25) is 65.0 Å². The summed E-state index contributed by atoms with van der Waals surface area (Å²) in [6.45, 7) is 8.37. The Morgan fingerprint density at radius 3 is 1.54 bits per heavy atom. The van der Waals surface area contributed by atoms with E-state index in [0.29, 0.717) is 19.3 Å². The fourth-order valence-electron chi connectivity index (χ4n) is 9.40. The smallest absolute Gasteiger partial charge is 0.326 e. The summed E-state index contributed by atoms with van der Waals surface area (Å²) < 4.78 is 0. The summed E-state index contributed by atoms with van der Waals surface area (Å²) in [5, 5.41) is 47.5. The van der Waals surface area contributed by atoms with Crippen molar-refractivity contribution in [2.24, 2.45) is 39.8 Å². The fraction of sp³-hybridized carbons (Fsp3) is 0.729. The number of hydrogen-bond acceptors (Lipinski definition) is 16. The van der Waals surface area contributed by atoms with Crippen LogP contribution in [0.4, 0.5) is 0 Å². The highest BCUT2D eigenvalue weighted by molar-refractivity contribution is 6.00. The van der Waals surface area contributed by atoms with E-state index in [9.17, 15) is 72.9 Å². The highest BCUT2D eigenvalue weighted by Gasteiger charge is 2.45. The molecule has 11 atom stereocenters. The number of aliphatic imine (C=N–C) groups is 1. The number of amides is 11. The average Bonchev–Trinajstić information content (AvgIpc) is 4.18. The van der Waals surface area contributed by atoms with Crippen LogP contribution >= 0.6 is 0 Å². The molecule has 3 fully saturated rings. The molecule has 0 aromatic carbocycles. The van der Waals surface area contributed by atoms with Crippen molar-refractivity contribution in [1.29, 1.82) is 0 Å².